The number of aliphatic hydroxyl groups is 2. The average molecular weight is 494 g/mol. The van der Waals surface area contributed by atoms with Crippen molar-refractivity contribution in [2.24, 2.45) is 0 Å². The molecule has 0 saturated carbocycles. The highest BCUT2D eigenvalue weighted by molar-refractivity contribution is 5.89. The zero-order valence-corrected chi connectivity index (χ0v) is 18.6. The number of hydrogen-bond donors (Lipinski definition) is 6. The van der Waals surface area contributed by atoms with E-state index in [1.54, 1.807) is 6.92 Å². The highest BCUT2D eigenvalue weighted by Gasteiger charge is 2.42. The Bertz CT molecular complexity index is 762. The molecule has 0 bridgehead atoms. The molecule has 34 heavy (non-hydrogen) atoms. The molecule has 0 spiro atoms. The highest BCUT2D eigenvalue weighted by atomic mass is 16.5. The maximum Gasteiger partial charge on any atom is 0.336 e. The van der Waals surface area contributed by atoms with Gasteiger partial charge in [-0.1, -0.05) is 6.92 Å². The van der Waals surface area contributed by atoms with Gasteiger partial charge in [0.2, 0.25) is 0 Å². The lowest BCUT2D eigenvalue weighted by Gasteiger charge is -2.22. The van der Waals surface area contributed by atoms with Crippen molar-refractivity contribution < 1.29 is 68.9 Å². The standard InChI is InChI=1S/C20H30O14/c1-2-12(34-16(26)11-20(32,18(29)30)9-14(23)24)6-4-3-5-7-33-15(25)10-19(31,17(27)28)8-13(21)22/h12,31-32H,2-11H2,1H3,(H,21,22)(H,23,24)(H,27,28)(H,29,30). The van der Waals surface area contributed by atoms with Crippen LogP contribution in [-0.4, -0.2) is 90.4 Å². The molecule has 0 aromatic rings. The highest BCUT2D eigenvalue weighted by Crippen LogP contribution is 2.20. The van der Waals surface area contributed by atoms with Crippen LogP contribution in [0.25, 0.3) is 0 Å². The summed E-state index contributed by atoms with van der Waals surface area (Å²) in [4.78, 5) is 67.1. The van der Waals surface area contributed by atoms with Gasteiger partial charge in [-0.25, -0.2) is 9.59 Å². The Kier molecular flexibility index (Phi) is 12.7. The Morgan fingerprint density at radius 1 is 0.706 bits per heavy atom. The van der Waals surface area contributed by atoms with Gasteiger partial charge in [0, 0.05) is 0 Å². The molecular weight excluding hydrogens is 464 g/mol. The fraction of sp³-hybridized carbons (Fsp3) is 0.700. The van der Waals surface area contributed by atoms with Gasteiger partial charge in [-0.15, -0.1) is 0 Å². The topological polar surface area (TPSA) is 242 Å². The number of ether oxygens (including phenoxy) is 2. The van der Waals surface area contributed by atoms with E-state index in [-0.39, 0.29) is 6.61 Å². The quantitative estimate of drug-likeness (QED) is 0.106. The van der Waals surface area contributed by atoms with Crippen LogP contribution in [0.4, 0.5) is 0 Å². The summed E-state index contributed by atoms with van der Waals surface area (Å²) in [6, 6.07) is 0. The summed E-state index contributed by atoms with van der Waals surface area (Å²) < 4.78 is 9.91. The number of hydrogen-bond acceptors (Lipinski definition) is 10. The molecule has 0 aromatic carbocycles. The predicted molar refractivity (Wildman–Crippen MR) is 109 cm³/mol. The minimum absolute atomic E-state index is 0.126. The van der Waals surface area contributed by atoms with Crippen LogP contribution in [0, 0.1) is 0 Å². The first kappa shape index (κ1) is 30.7. The lowest BCUT2D eigenvalue weighted by atomic mass is 9.96. The number of rotatable bonds is 18. The third-order valence-corrected chi connectivity index (χ3v) is 4.74. The van der Waals surface area contributed by atoms with Crippen molar-refractivity contribution >= 4 is 35.8 Å². The lowest BCUT2D eigenvalue weighted by molar-refractivity contribution is -0.173. The molecule has 0 aromatic heterocycles. The van der Waals surface area contributed by atoms with Gasteiger partial charge in [0.05, 0.1) is 32.3 Å². The normalized spacial score (nSPS) is 15.3. The van der Waals surface area contributed by atoms with E-state index in [4.69, 9.17) is 29.9 Å². The fourth-order valence-corrected chi connectivity index (χ4v) is 2.87. The SMILES string of the molecule is CCC(CCCCCOC(=O)CC(O)(CC(=O)O)C(=O)O)OC(=O)CC(O)(CC(=O)O)C(=O)O. The van der Waals surface area contributed by atoms with Crippen LogP contribution in [-0.2, 0) is 38.2 Å². The molecule has 0 fully saturated rings. The number of unbranched alkanes of at least 4 members (excludes halogenated alkanes) is 2. The first-order valence-corrected chi connectivity index (χ1v) is 10.4. The number of carbonyl (C=O) groups excluding carboxylic acids is 2. The van der Waals surface area contributed by atoms with E-state index in [1.165, 1.54) is 0 Å². The van der Waals surface area contributed by atoms with Crippen LogP contribution in [0.2, 0.25) is 0 Å². The van der Waals surface area contributed by atoms with Crippen molar-refractivity contribution in [1.82, 2.24) is 0 Å². The van der Waals surface area contributed by atoms with Gasteiger partial charge in [0.25, 0.3) is 0 Å². The summed E-state index contributed by atoms with van der Waals surface area (Å²) in [6.07, 6.45) is -3.03. The Balaban J connectivity index is 4.40. The van der Waals surface area contributed by atoms with Crippen molar-refractivity contribution in [1.29, 1.82) is 0 Å². The van der Waals surface area contributed by atoms with Gasteiger partial charge >= 0.3 is 35.8 Å². The number of aliphatic carboxylic acids is 4. The predicted octanol–water partition coefficient (Wildman–Crippen LogP) is -0.227. The summed E-state index contributed by atoms with van der Waals surface area (Å²) in [5.41, 5.74) is -5.57. The van der Waals surface area contributed by atoms with Gasteiger partial charge in [-0.3, -0.25) is 19.2 Å². The van der Waals surface area contributed by atoms with E-state index in [0.717, 1.165) is 0 Å². The summed E-state index contributed by atoms with van der Waals surface area (Å²) in [6.45, 7) is 1.57. The van der Waals surface area contributed by atoms with Crippen molar-refractivity contribution in [3.63, 3.8) is 0 Å². The number of carboxylic acid groups (broad SMARTS) is 4. The molecular formula is C20H30O14. The van der Waals surface area contributed by atoms with Crippen LogP contribution in [0.3, 0.4) is 0 Å². The number of carbonyl (C=O) groups is 6. The monoisotopic (exact) mass is 494 g/mol. The van der Waals surface area contributed by atoms with Crippen molar-refractivity contribution in [2.45, 2.75) is 82.0 Å². The first-order valence-electron chi connectivity index (χ1n) is 10.4. The van der Waals surface area contributed by atoms with Crippen molar-refractivity contribution in [2.75, 3.05) is 6.61 Å². The molecule has 194 valence electrons. The van der Waals surface area contributed by atoms with Gasteiger partial charge in [-0.2, -0.15) is 0 Å². The number of carboxylic acids is 4. The molecule has 0 aliphatic carbocycles. The molecule has 3 unspecified atom stereocenters. The minimum atomic E-state index is -2.79. The fourth-order valence-electron chi connectivity index (χ4n) is 2.87. The second-order valence-electron chi connectivity index (χ2n) is 7.76. The molecule has 14 heteroatoms. The third-order valence-electron chi connectivity index (χ3n) is 4.74. The molecule has 3 atom stereocenters. The van der Waals surface area contributed by atoms with E-state index in [1.807, 2.05) is 0 Å². The average Bonchev–Trinajstić information content (AvgIpc) is 2.67. The zero-order chi connectivity index (χ0) is 26.5. The van der Waals surface area contributed by atoms with E-state index in [0.29, 0.717) is 32.1 Å². The van der Waals surface area contributed by atoms with Crippen LogP contribution in [0.1, 0.15) is 64.7 Å². The third kappa shape index (κ3) is 11.6. The Morgan fingerprint density at radius 2 is 1.18 bits per heavy atom. The summed E-state index contributed by atoms with van der Waals surface area (Å²) in [5.74, 6) is -9.08. The Labute approximate surface area is 194 Å². The second kappa shape index (κ2) is 14.1. The summed E-state index contributed by atoms with van der Waals surface area (Å²) in [5, 5.41) is 54.9. The molecule has 0 aliphatic heterocycles. The summed E-state index contributed by atoms with van der Waals surface area (Å²) >= 11 is 0. The van der Waals surface area contributed by atoms with Crippen LogP contribution >= 0.6 is 0 Å². The van der Waals surface area contributed by atoms with E-state index in [9.17, 15) is 39.0 Å². The van der Waals surface area contributed by atoms with E-state index < -0.39 is 78.8 Å². The van der Waals surface area contributed by atoms with Gasteiger partial charge < -0.3 is 40.1 Å². The molecule has 0 amide bonds. The van der Waals surface area contributed by atoms with Crippen molar-refractivity contribution in [3.05, 3.63) is 0 Å². The minimum Gasteiger partial charge on any atom is -0.481 e. The molecule has 0 heterocycles. The second-order valence-corrected chi connectivity index (χ2v) is 7.76. The van der Waals surface area contributed by atoms with E-state index in [2.05, 4.69) is 0 Å². The largest absolute Gasteiger partial charge is 0.481 e. The molecule has 6 N–H and O–H groups in total. The van der Waals surface area contributed by atoms with Gasteiger partial charge in [-0.05, 0) is 32.1 Å². The maximum absolute atomic E-state index is 12.0. The summed E-state index contributed by atoms with van der Waals surface area (Å²) in [7, 11) is 0. The van der Waals surface area contributed by atoms with Crippen molar-refractivity contribution in [3.8, 4) is 0 Å². The number of esters is 2. The zero-order valence-electron chi connectivity index (χ0n) is 18.6. The maximum atomic E-state index is 12.0. The molecule has 14 nitrogen and oxygen atoms in total. The Hall–Kier alpha value is -3.26. The van der Waals surface area contributed by atoms with Gasteiger partial charge in [0.15, 0.2) is 11.2 Å². The van der Waals surface area contributed by atoms with Crippen LogP contribution < -0.4 is 0 Å². The smallest absolute Gasteiger partial charge is 0.336 e. The Morgan fingerprint density at radius 3 is 1.59 bits per heavy atom. The van der Waals surface area contributed by atoms with Crippen LogP contribution in [0.5, 0.6) is 0 Å². The van der Waals surface area contributed by atoms with Crippen LogP contribution in [0.15, 0.2) is 0 Å². The first-order chi connectivity index (χ1) is 15.6. The molecule has 0 rings (SSSR count). The van der Waals surface area contributed by atoms with Gasteiger partial charge in [0.1, 0.15) is 6.10 Å². The molecule has 0 radical (unpaired) electrons. The molecule has 0 aliphatic rings. The van der Waals surface area contributed by atoms with E-state index >= 15 is 0 Å². The lowest BCUT2D eigenvalue weighted by Crippen LogP contribution is -2.43. The molecule has 0 saturated heterocycles.